The van der Waals surface area contributed by atoms with Gasteiger partial charge in [-0.3, -0.25) is 11.3 Å². The third kappa shape index (κ3) is 4.96. The van der Waals surface area contributed by atoms with Gasteiger partial charge in [0.05, 0.1) is 0 Å². The first kappa shape index (κ1) is 15.0. The molecule has 0 bridgehead atoms. The average Bonchev–Trinajstić information content (AvgIpc) is 2.28. The van der Waals surface area contributed by atoms with Gasteiger partial charge in [0.2, 0.25) is 0 Å². The highest BCUT2D eigenvalue weighted by Gasteiger charge is 2.13. The van der Waals surface area contributed by atoms with Crippen molar-refractivity contribution < 1.29 is 0 Å². The average molecular weight is 320 g/mol. The number of halogens is 2. The van der Waals surface area contributed by atoms with Crippen LogP contribution in [0.2, 0.25) is 5.02 Å². The minimum absolute atomic E-state index is 0.154. The molecule has 96 valence electrons. The zero-order valence-electron chi connectivity index (χ0n) is 10.3. The molecule has 0 aliphatic rings. The Bertz CT molecular complexity index is 355. The molecule has 0 saturated heterocycles. The molecule has 0 fully saturated rings. The quantitative estimate of drug-likeness (QED) is 0.601. The lowest BCUT2D eigenvalue weighted by Gasteiger charge is -2.18. The molecule has 0 spiro atoms. The lowest BCUT2D eigenvalue weighted by Crippen LogP contribution is -2.28. The largest absolute Gasteiger partial charge is 0.271 e. The van der Waals surface area contributed by atoms with Crippen LogP contribution in [0.1, 0.15) is 44.7 Å². The van der Waals surface area contributed by atoms with Gasteiger partial charge in [-0.25, -0.2) is 0 Å². The second-order valence-corrected chi connectivity index (χ2v) is 6.00. The van der Waals surface area contributed by atoms with E-state index in [1.807, 2.05) is 18.2 Å². The summed E-state index contributed by atoms with van der Waals surface area (Å²) in [6, 6.07) is 5.95. The summed E-state index contributed by atoms with van der Waals surface area (Å²) in [7, 11) is 0. The van der Waals surface area contributed by atoms with Crippen LogP contribution < -0.4 is 11.3 Å². The Morgan fingerprint density at radius 1 is 1.35 bits per heavy atom. The standard InChI is InChI=1S/C13H20BrClN2/c1-9(2)4-3-5-13(17-16)11-8-10(15)6-7-12(11)14/h6-9,13,17H,3-5,16H2,1-2H3. The van der Waals surface area contributed by atoms with Gasteiger partial charge in [0.15, 0.2) is 0 Å². The predicted molar refractivity (Wildman–Crippen MR) is 77.9 cm³/mol. The fourth-order valence-corrected chi connectivity index (χ4v) is 2.54. The first-order valence-electron chi connectivity index (χ1n) is 5.95. The molecule has 0 radical (unpaired) electrons. The van der Waals surface area contributed by atoms with Crippen molar-refractivity contribution in [2.24, 2.45) is 11.8 Å². The van der Waals surface area contributed by atoms with Crippen molar-refractivity contribution in [2.45, 2.75) is 39.2 Å². The lowest BCUT2D eigenvalue weighted by molar-refractivity contribution is 0.454. The lowest BCUT2D eigenvalue weighted by atomic mass is 9.98. The minimum atomic E-state index is 0.154. The second-order valence-electron chi connectivity index (χ2n) is 4.71. The van der Waals surface area contributed by atoms with E-state index in [0.29, 0.717) is 0 Å². The van der Waals surface area contributed by atoms with Crippen molar-refractivity contribution >= 4 is 27.5 Å². The van der Waals surface area contributed by atoms with Gasteiger partial charge in [0.1, 0.15) is 0 Å². The Balaban J connectivity index is 2.68. The third-order valence-corrected chi connectivity index (χ3v) is 3.77. The van der Waals surface area contributed by atoms with Crippen LogP contribution in [0.4, 0.5) is 0 Å². The van der Waals surface area contributed by atoms with Crippen LogP contribution >= 0.6 is 27.5 Å². The van der Waals surface area contributed by atoms with E-state index in [-0.39, 0.29) is 6.04 Å². The maximum absolute atomic E-state index is 6.01. The van der Waals surface area contributed by atoms with Gasteiger partial charge < -0.3 is 0 Å². The summed E-state index contributed by atoms with van der Waals surface area (Å²) in [4.78, 5) is 0. The van der Waals surface area contributed by atoms with E-state index in [2.05, 4.69) is 35.2 Å². The summed E-state index contributed by atoms with van der Waals surface area (Å²) < 4.78 is 1.05. The Kier molecular flexibility index (Phi) is 6.49. The molecule has 1 atom stereocenters. The third-order valence-electron chi connectivity index (χ3n) is 2.81. The summed E-state index contributed by atoms with van der Waals surface area (Å²) in [5.74, 6) is 6.36. The van der Waals surface area contributed by atoms with Crippen molar-refractivity contribution in [2.75, 3.05) is 0 Å². The summed E-state index contributed by atoms with van der Waals surface area (Å²) in [6.07, 6.45) is 3.40. The van der Waals surface area contributed by atoms with E-state index < -0.39 is 0 Å². The van der Waals surface area contributed by atoms with Crippen LogP contribution in [0.3, 0.4) is 0 Å². The number of benzene rings is 1. The Morgan fingerprint density at radius 2 is 2.06 bits per heavy atom. The number of hydrogen-bond donors (Lipinski definition) is 2. The maximum Gasteiger partial charge on any atom is 0.0471 e. The smallest absolute Gasteiger partial charge is 0.0471 e. The van der Waals surface area contributed by atoms with Crippen LogP contribution in [-0.2, 0) is 0 Å². The topological polar surface area (TPSA) is 38.0 Å². The number of rotatable bonds is 6. The van der Waals surface area contributed by atoms with Crippen LogP contribution in [0.25, 0.3) is 0 Å². The van der Waals surface area contributed by atoms with E-state index in [0.717, 1.165) is 33.8 Å². The fourth-order valence-electron chi connectivity index (χ4n) is 1.84. The van der Waals surface area contributed by atoms with Crippen molar-refractivity contribution in [1.82, 2.24) is 5.43 Å². The number of hydrogen-bond acceptors (Lipinski definition) is 2. The number of hydrazine groups is 1. The predicted octanol–water partition coefficient (Wildman–Crippen LogP) is 4.43. The molecule has 0 aromatic heterocycles. The molecule has 0 aliphatic heterocycles. The van der Waals surface area contributed by atoms with E-state index in [1.165, 1.54) is 6.42 Å². The van der Waals surface area contributed by atoms with E-state index >= 15 is 0 Å². The van der Waals surface area contributed by atoms with Crippen molar-refractivity contribution in [3.8, 4) is 0 Å². The summed E-state index contributed by atoms with van der Waals surface area (Å²) >= 11 is 9.55. The Labute approximate surface area is 117 Å². The SMILES string of the molecule is CC(C)CCCC(NN)c1cc(Cl)ccc1Br. The molecule has 3 N–H and O–H groups in total. The highest BCUT2D eigenvalue weighted by atomic mass is 79.9. The Morgan fingerprint density at radius 3 is 2.65 bits per heavy atom. The molecule has 2 nitrogen and oxygen atoms in total. The molecular formula is C13H20BrClN2. The molecule has 0 heterocycles. The van der Waals surface area contributed by atoms with Crippen LogP contribution in [-0.4, -0.2) is 0 Å². The molecule has 4 heteroatoms. The highest BCUT2D eigenvalue weighted by molar-refractivity contribution is 9.10. The monoisotopic (exact) mass is 318 g/mol. The number of nitrogens with one attached hydrogen (secondary N) is 1. The van der Waals surface area contributed by atoms with Gasteiger partial charge in [-0.1, -0.05) is 54.2 Å². The van der Waals surface area contributed by atoms with Crippen molar-refractivity contribution in [3.63, 3.8) is 0 Å². The molecular weight excluding hydrogens is 300 g/mol. The van der Waals surface area contributed by atoms with E-state index in [1.54, 1.807) is 0 Å². The maximum atomic E-state index is 6.01. The van der Waals surface area contributed by atoms with Crippen LogP contribution in [0.5, 0.6) is 0 Å². The zero-order chi connectivity index (χ0) is 12.8. The summed E-state index contributed by atoms with van der Waals surface area (Å²) in [5, 5.41) is 0.743. The molecule has 17 heavy (non-hydrogen) atoms. The van der Waals surface area contributed by atoms with Gasteiger partial charge in [-0.05, 0) is 36.1 Å². The highest BCUT2D eigenvalue weighted by Crippen LogP contribution is 2.29. The molecule has 1 aromatic carbocycles. The molecule has 0 aliphatic carbocycles. The van der Waals surface area contributed by atoms with Gasteiger partial charge in [0.25, 0.3) is 0 Å². The molecule has 1 aromatic rings. The molecule has 1 unspecified atom stereocenters. The fraction of sp³-hybridized carbons (Fsp3) is 0.538. The summed E-state index contributed by atoms with van der Waals surface area (Å²) in [6.45, 7) is 4.47. The number of nitrogens with two attached hydrogens (primary N) is 1. The van der Waals surface area contributed by atoms with Crippen LogP contribution in [0.15, 0.2) is 22.7 Å². The zero-order valence-corrected chi connectivity index (χ0v) is 12.7. The van der Waals surface area contributed by atoms with Crippen molar-refractivity contribution in [3.05, 3.63) is 33.3 Å². The minimum Gasteiger partial charge on any atom is -0.271 e. The van der Waals surface area contributed by atoms with Gasteiger partial charge in [0, 0.05) is 15.5 Å². The van der Waals surface area contributed by atoms with Crippen LogP contribution in [0, 0.1) is 5.92 Å². The van der Waals surface area contributed by atoms with Gasteiger partial charge in [-0.2, -0.15) is 0 Å². The van der Waals surface area contributed by atoms with E-state index in [4.69, 9.17) is 17.4 Å². The molecule has 1 rings (SSSR count). The normalized spacial score (nSPS) is 13.1. The summed E-state index contributed by atoms with van der Waals surface area (Å²) in [5.41, 5.74) is 4.00. The van der Waals surface area contributed by atoms with Crippen molar-refractivity contribution in [1.29, 1.82) is 0 Å². The Hall–Kier alpha value is -0.0900. The second kappa shape index (κ2) is 7.37. The molecule has 0 saturated carbocycles. The first-order chi connectivity index (χ1) is 8.04. The molecule has 0 amide bonds. The first-order valence-corrected chi connectivity index (χ1v) is 7.12. The van der Waals surface area contributed by atoms with Gasteiger partial charge in [-0.15, -0.1) is 0 Å². The van der Waals surface area contributed by atoms with Gasteiger partial charge >= 0.3 is 0 Å². The van der Waals surface area contributed by atoms with E-state index in [9.17, 15) is 0 Å².